The Hall–Kier alpha value is -0.320. The van der Waals surface area contributed by atoms with Crippen LogP contribution in [0.25, 0.3) is 0 Å². The maximum atomic E-state index is 3.63. The van der Waals surface area contributed by atoms with E-state index in [2.05, 4.69) is 105 Å². The molecule has 0 bridgehead atoms. The Balaban J connectivity index is 2.37. The number of anilines is 1. The molecule has 112 valence electrons. The molecule has 2 aromatic carbocycles. The van der Waals surface area contributed by atoms with E-state index in [4.69, 9.17) is 0 Å². The van der Waals surface area contributed by atoms with Gasteiger partial charge in [0.15, 0.2) is 0 Å². The van der Waals surface area contributed by atoms with Crippen LogP contribution >= 0.6 is 47.8 Å². The molecule has 0 aliphatic rings. The Morgan fingerprint density at radius 1 is 0.857 bits per heavy atom. The summed E-state index contributed by atoms with van der Waals surface area (Å²) in [4.78, 5) is 0. The number of aryl methyl sites for hydroxylation is 3. The molecule has 4 heteroatoms. The molecule has 1 nitrogen and oxygen atoms in total. The number of halogens is 3. The van der Waals surface area contributed by atoms with Crippen molar-refractivity contribution in [1.29, 1.82) is 0 Å². The van der Waals surface area contributed by atoms with Crippen LogP contribution in [-0.2, 0) is 0 Å². The second-order valence-corrected chi connectivity index (χ2v) is 8.05. The predicted molar refractivity (Wildman–Crippen MR) is 102 cm³/mol. The van der Waals surface area contributed by atoms with Crippen LogP contribution in [0.15, 0.2) is 37.7 Å². The minimum absolute atomic E-state index is 0.236. The van der Waals surface area contributed by atoms with Crippen molar-refractivity contribution in [3.8, 4) is 0 Å². The molecule has 1 atom stereocenters. The maximum Gasteiger partial charge on any atom is 0.0634 e. The van der Waals surface area contributed by atoms with Crippen LogP contribution in [0.2, 0.25) is 0 Å². The van der Waals surface area contributed by atoms with Crippen LogP contribution in [0, 0.1) is 20.8 Å². The molecule has 2 aromatic rings. The van der Waals surface area contributed by atoms with Crippen LogP contribution in [0.4, 0.5) is 5.69 Å². The molecule has 2 rings (SSSR count). The Morgan fingerprint density at radius 3 is 1.81 bits per heavy atom. The third-order valence-electron chi connectivity index (χ3n) is 3.54. The van der Waals surface area contributed by atoms with E-state index in [0.717, 1.165) is 19.1 Å². The highest BCUT2D eigenvalue weighted by atomic mass is 79.9. The normalized spacial score (nSPS) is 12.3. The van der Waals surface area contributed by atoms with Gasteiger partial charge in [0.25, 0.3) is 0 Å². The highest BCUT2D eigenvalue weighted by molar-refractivity contribution is 9.11. The van der Waals surface area contributed by atoms with E-state index in [1.165, 1.54) is 22.3 Å². The smallest absolute Gasteiger partial charge is 0.0634 e. The number of hydrogen-bond donors (Lipinski definition) is 1. The third-order valence-corrected chi connectivity index (χ3v) is 5.25. The van der Waals surface area contributed by atoms with Gasteiger partial charge in [0.2, 0.25) is 0 Å². The molecule has 1 unspecified atom stereocenters. The summed E-state index contributed by atoms with van der Waals surface area (Å²) in [6, 6.07) is 8.82. The number of nitrogens with one attached hydrogen (secondary N) is 1. The summed E-state index contributed by atoms with van der Waals surface area (Å²) < 4.78 is 3.12. The first-order valence-corrected chi connectivity index (χ1v) is 9.16. The van der Waals surface area contributed by atoms with Gasteiger partial charge in [0, 0.05) is 19.5 Å². The van der Waals surface area contributed by atoms with Crippen LogP contribution in [-0.4, -0.2) is 0 Å². The van der Waals surface area contributed by atoms with Gasteiger partial charge in [-0.1, -0.05) is 33.6 Å². The Bertz CT molecular complexity index is 634. The van der Waals surface area contributed by atoms with Crippen molar-refractivity contribution in [2.75, 3.05) is 5.32 Å². The molecule has 1 N–H and O–H groups in total. The average Bonchev–Trinajstić information content (AvgIpc) is 2.32. The molecular weight excluding hydrogens is 458 g/mol. The van der Waals surface area contributed by atoms with E-state index in [0.29, 0.717) is 0 Å². The SMILES string of the molecule is Cc1cc(C)c(C(C)Nc2c(Br)cc(Br)cc2Br)c(C)c1. The van der Waals surface area contributed by atoms with Crippen molar-refractivity contribution in [1.82, 2.24) is 0 Å². The molecule has 0 fully saturated rings. The summed E-state index contributed by atoms with van der Waals surface area (Å²) in [5, 5.41) is 3.61. The van der Waals surface area contributed by atoms with Crippen molar-refractivity contribution in [3.63, 3.8) is 0 Å². The van der Waals surface area contributed by atoms with Gasteiger partial charge in [-0.05, 0) is 88.4 Å². The molecule has 0 spiro atoms. The summed E-state index contributed by atoms with van der Waals surface area (Å²) in [5.74, 6) is 0. The summed E-state index contributed by atoms with van der Waals surface area (Å²) in [5.41, 5.74) is 6.41. The van der Waals surface area contributed by atoms with E-state index < -0.39 is 0 Å². The summed E-state index contributed by atoms with van der Waals surface area (Å²) in [7, 11) is 0. The minimum atomic E-state index is 0.236. The Labute approximate surface area is 151 Å². The van der Waals surface area contributed by atoms with E-state index >= 15 is 0 Å². The van der Waals surface area contributed by atoms with Crippen molar-refractivity contribution < 1.29 is 0 Å². The second kappa shape index (κ2) is 6.84. The highest BCUT2D eigenvalue weighted by Crippen LogP contribution is 2.37. The van der Waals surface area contributed by atoms with Gasteiger partial charge in [0.1, 0.15) is 0 Å². The number of rotatable bonds is 3. The predicted octanol–water partition coefficient (Wildman–Crippen LogP) is 7.07. The van der Waals surface area contributed by atoms with E-state index in [9.17, 15) is 0 Å². The van der Waals surface area contributed by atoms with Gasteiger partial charge < -0.3 is 5.32 Å². The summed E-state index contributed by atoms with van der Waals surface area (Å²) in [6.45, 7) is 8.70. The van der Waals surface area contributed by atoms with Gasteiger partial charge in [-0.3, -0.25) is 0 Å². The number of hydrogen-bond acceptors (Lipinski definition) is 1. The zero-order chi connectivity index (χ0) is 15.7. The average molecular weight is 476 g/mol. The van der Waals surface area contributed by atoms with Crippen LogP contribution in [0.5, 0.6) is 0 Å². The third kappa shape index (κ3) is 3.91. The molecule has 21 heavy (non-hydrogen) atoms. The molecule has 0 aliphatic carbocycles. The van der Waals surface area contributed by atoms with Crippen LogP contribution in [0.1, 0.15) is 35.2 Å². The van der Waals surface area contributed by atoms with E-state index in [1.807, 2.05) is 0 Å². The molecule has 0 amide bonds. The fourth-order valence-electron chi connectivity index (χ4n) is 2.84. The quantitative estimate of drug-likeness (QED) is 0.500. The zero-order valence-corrected chi connectivity index (χ0v) is 17.3. The topological polar surface area (TPSA) is 12.0 Å². The summed E-state index contributed by atoms with van der Waals surface area (Å²) in [6.07, 6.45) is 0. The monoisotopic (exact) mass is 473 g/mol. The fourth-order valence-corrected chi connectivity index (χ4v) is 5.33. The van der Waals surface area contributed by atoms with E-state index in [1.54, 1.807) is 0 Å². The van der Waals surface area contributed by atoms with Crippen molar-refractivity contribution in [2.45, 2.75) is 33.7 Å². The van der Waals surface area contributed by atoms with Crippen molar-refractivity contribution in [2.24, 2.45) is 0 Å². The lowest BCUT2D eigenvalue weighted by Gasteiger charge is -2.22. The maximum absolute atomic E-state index is 3.63. The molecule has 0 heterocycles. The van der Waals surface area contributed by atoms with Gasteiger partial charge >= 0.3 is 0 Å². The largest absolute Gasteiger partial charge is 0.377 e. The van der Waals surface area contributed by atoms with Crippen LogP contribution < -0.4 is 5.32 Å². The minimum Gasteiger partial charge on any atom is -0.377 e. The first-order chi connectivity index (χ1) is 9.79. The van der Waals surface area contributed by atoms with E-state index in [-0.39, 0.29) is 6.04 Å². The molecule has 0 saturated carbocycles. The lowest BCUT2D eigenvalue weighted by molar-refractivity contribution is 0.860. The first kappa shape index (κ1) is 17.0. The first-order valence-electron chi connectivity index (χ1n) is 6.78. The molecule has 0 aliphatic heterocycles. The second-order valence-electron chi connectivity index (χ2n) is 5.42. The van der Waals surface area contributed by atoms with Gasteiger partial charge in [0.05, 0.1) is 5.69 Å². The standard InChI is InChI=1S/C17H18Br3N/c1-9-5-10(2)16(11(3)6-9)12(4)21-17-14(19)7-13(18)8-15(17)20/h5-8,12,21H,1-4H3. The molecule has 0 saturated heterocycles. The van der Waals surface area contributed by atoms with Gasteiger partial charge in [-0.25, -0.2) is 0 Å². The molecule has 0 radical (unpaired) electrons. The Kier molecular flexibility index (Phi) is 5.55. The molecule has 0 aromatic heterocycles. The fraction of sp³-hybridized carbons (Fsp3) is 0.294. The summed E-state index contributed by atoms with van der Waals surface area (Å²) >= 11 is 10.8. The van der Waals surface area contributed by atoms with Gasteiger partial charge in [-0.2, -0.15) is 0 Å². The highest BCUT2D eigenvalue weighted by Gasteiger charge is 2.15. The zero-order valence-electron chi connectivity index (χ0n) is 12.5. The van der Waals surface area contributed by atoms with Crippen molar-refractivity contribution >= 4 is 53.5 Å². The lowest BCUT2D eigenvalue weighted by Crippen LogP contribution is -2.11. The lowest BCUT2D eigenvalue weighted by atomic mass is 9.95. The van der Waals surface area contributed by atoms with Crippen LogP contribution in [0.3, 0.4) is 0 Å². The number of benzene rings is 2. The molecular formula is C17H18Br3N. The van der Waals surface area contributed by atoms with Gasteiger partial charge in [-0.15, -0.1) is 0 Å². The Morgan fingerprint density at radius 2 is 1.33 bits per heavy atom. The van der Waals surface area contributed by atoms with Crippen molar-refractivity contribution in [3.05, 3.63) is 59.9 Å².